The van der Waals surface area contributed by atoms with Crippen LogP contribution in [0.1, 0.15) is 22.2 Å². The maximum absolute atomic E-state index is 13.8. The number of amides is 1. The molecule has 0 atom stereocenters. The first-order chi connectivity index (χ1) is 12.0. The molecule has 1 aromatic heterocycles. The number of halogens is 2. The smallest absolute Gasteiger partial charge is 0.264 e. The third-order valence-electron chi connectivity index (χ3n) is 3.98. The van der Waals surface area contributed by atoms with Crippen molar-refractivity contribution in [3.8, 4) is 5.75 Å². The Labute approximate surface area is 148 Å². The number of hydrogen-bond acceptors (Lipinski definition) is 3. The van der Waals surface area contributed by atoms with Gasteiger partial charge in [0.2, 0.25) is 0 Å². The Hall–Kier alpha value is -2.47. The molecule has 1 heterocycles. The quantitative estimate of drug-likeness (QED) is 0.650. The van der Waals surface area contributed by atoms with Crippen LogP contribution in [-0.2, 0) is 6.54 Å². The molecule has 1 amide bonds. The molecule has 2 aromatic carbocycles. The second kappa shape index (κ2) is 7.19. The monoisotopic (exact) mass is 361 g/mol. The highest BCUT2D eigenvalue weighted by molar-refractivity contribution is 7.20. The van der Waals surface area contributed by atoms with E-state index in [0.717, 1.165) is 4.70 Å². The van der Waals surface area contributed by atoms with Crippen molar-refractivity contribution in [2.75, 3.05) is 13.7 Å². The minimum atomic E-state index is -0.465. The molecule has 0 unspecified atom stereocenters. The van der Waals surface area contributed by atoms with Crippen molar-refractivity contribution in [1.29, 1.82) is 0 Å². The predicted molar refractivity (Wildman–Crippen MR) is 95.1 cm³/mol. The maximum Gasteiger partial charge on any atom is 0.264 e. The van der Waals surface area contributed by atoms with Crippen molar-refractivity contribution in [3.05, 3.63) is 64.5 Å². The van der Waals surface area contributed by atoms with E-state index < -0.39 is 5.82 Å². The Balaban J connectivity index is 1.85. The largest absolute Gasteiger partial charge is 0.494 e. The molecule has 0 bridgehead atoms. The Morgan fingerprint density at radius 3 is 2.60 bits per heavy atom. The lowest BCUT2D eigenvalue weighted by molar-refractivity contribution is 0.0757. The van der Waals surface area contributed by atoms with Crippen molar-refractivity contribution in [1.82, 2.24) is 4.90 Å². The van der Waals surface area contributed by atoms with Crippen LogP contribution >= 0.6 is 11.3 Å². The molecule has 0 saturated heterocycles. The molecule has 0 aliphatic carbocycles. The molecule has 0 spiro atoms. The van der Waals surface area contributed by atoms with Gasteiger partial charge in [0.15, 0.2) is 11.6 Å². The van der Waals surface area contributed by atoms with Gasteiger partial charge in [-0.2, -0.15) is 0 Å². The van der Waals surface area contributed by atoms with Gasteiger partial charge in [0, 0.05) is 23.2 Å². The van der Waals surface area contributed by atoms with E-state index in [0.29, 0.717) is 22.4 Å². The number of carbonyl (C=O) groups excluding carboxylic acids is 1. The summed E-state index contributed by atoms with van der Waals surface area (Å²) in [4.78, 5) is 14.8. The molecular formula is C19H17F2NO2S. The van der Waals surface area contributed by atoms with E-state index in [9.17, 15) is 13.6 Å². The first-order valence-corrected chi connectivity index (χ1v) is 8.65. The molecule has 130 valence electrons. The number of nitrogens with zero attached hydrogens (tertiary/aromatic N) is 1. The third kappa shape index (κ3) is 3.49. The van der Waals surface area contributed by atoms with Crippen molar-refractivity contribution >= 4 is 27.3 Å². The minimum Gasteiger partial charge on any atom is -0.494 e. The standard InChI is InChI=1S/C19H17F2NO2S/c1-3-22(11-12-7-8-16(24-2)15(21)9-12)19(23)18-10-13-14(20)5-4-6-17(13)25-18/h4-10H,3,11H2,1-2H3. The number of rotatable bonds is 5. The first-order valence-electron chi connectivity index (χ1n) is 7.83. The van der Waals surface area contributed by atoms with Crippen LogP contribution < -0.4 is 4.74 Å². The van der Waals surface area contributed by atoms with Gasteiger partial charge in [-0.3, -0.25) is 4.79 Å². The molecular weight excluding hydrogens is 344 g/mol. The Morgan fingerprint density at radius 1 is 1.16 bits per heavy atom. The lowest BCUT2D eigenvalue weighted by Crippen LogP contribution is -2.29. The summed E-state index contributed by atoms with van der Waals surface area (Å²) in [5.41, 5.74) is 0.667. The Morgan fingerprint density at radius 2 is 1.96 bits per heavy atom. The molecule has 3 nitrogen and oxygen atoms in total. The zero-order chi connectivity index (χ0) is 18.0. The molecule has 25 heavy (non-hydrogen) atoms. The lowest BCUT2D eigenvalue weighted by Gasteiger charge is -2.20. The van der Waals surface area contributed by atoms with Crippen molar-refractivity contribution in [3.63, 3.8) is 0 Å². The fourth-order valence-electron chi connectivity index (χ4n) is 2.64. The normalized spacial score (nSPS) is 10.9. The summed E-state index contributed by atoms with van der Waals surface area (Å²) in [6, 6.07) is 11.0. The van der Waals surface area contributed by atoms with Crippen LogP contribution in [0.15, 0.2) is 42.5 Å². The summed E-state index contributed by atoms with van der Waals surface area (Å²) >= 11 is 1.26. The van der Waals surface area contributed by atoms with Gasteiger partial charge >= 0.3 is 0 Å². The number of ether oxygens (including phenoxy) is 1. The zero-order valence-electron chi connectivity index (χ0n) is 13.9. The van der Waals surface area contributed by atoms with Gasteiger partial charge in [-0.25, -0.2) is 8.78 Å². The number of methoxy groups -OCH3 is 1. The maximum atomic E-state index is 13.8. The molecule has 3 rings (SSSR count). The van der Waals surface area contributed by atoms with Gasteiger partial charge in [0.05, 0.1) is 12.0 Å². The van der Waals surface area contributed by atoms with Crippen LogP contribution in [0.25, 0.3) is 10.1 Å². The molecule has 0 aliphatic rings. The second-order valence-corrected chi connectivity index (χ2v) is 6.63. The topological polar surface area (TPSA) is 29.5 Å². The van der Waals surface area contributed by atoms with Gasteiger partial charge in [-0.1, -0.05) is 12.1 Å². The number of fused-ring (bicyclic) bond motifs is 1. The first kappa shape index (κ1) is 17.4. The molecule has 0 fully saturated rings. The molecule has 0 aliphatic heterocycles. The summed E-state index contributed by atoms with van der Waals surface area (Å²) in [5, 5.41) is 0.447. The Bertz CT molecular complexity index is 923. The van der Waals surface area contributed by atoms with Crippen molar-refractivity contribution < 1.29 is 18.3 Å². The third-order valence-corrected chi connectivity index (χ3v) is 5.07. The van der Waals surface area contributed by atoms with E-state index >= 15 is 0 Å². The van der Waals surface area contributed by atoms with Crippen LogP contribution in [0.4, 0.5) is 8.78 Å². The molecule has 0 saturated carbocycles. The predicted octanol–water partition coefficient (Wildman–Crippen LogP) is 4.85. The van der Waals surface area contributed by atoms with Crippen molar-refractivity contribution in [2.45, 2.75) is 13.5 Å². The van der Waals surface area contributed by atoms with Gasteiger partial charge in [-0.05, 0) is 42.8 Å². The van der Waals surface area contributed by atoms with E-state index in [1.54, 1.807) is 29.2 Å². The fraction of sp³-hybridized carbons (Fsp3) is 0.211. The number of carbonyl (C=O) groups is 1. The van der Waals surface area contributed by atoms with Crippen molar-refractivity contribution in [2.24, 2.45) is 0 Å². The van der Waals surface area contributed by atoms with E-state index in [1.165, 1.54) is 36.6 Å². The lowest BCUT2D eigenvalue weighted by atomic mass is 10.2. The number of hydrogen-bond donors (Lipinski definition) is 0. The average Bonchev–Trinajstić information content (AvgIpc) is 3.05. The second-order valence-electron chi connectivity index (χ2n) is 5.55. The fourth-order valence-corrected chi connectivity index (χ4v) is 3.69. The van der Waals surface area contributed by atoms with Gasteiger partial charge in [0.25, 0.3) is 5.91 Å². The zero-order valence-corrected chi connectivity index (χ0v) is 14.7. The van der Waals surface area contributed by atoms with Crippen LogP contribution in [0.3, 0.4) is 0 Å². The van der Waals surface area contributed by atoms with E-state index in [4.69, 9.17) is 4.74 Å². The Kier molecular flexibility index (Phi) is 4.99. The highest BCUT2D eigenvalue weighted by Crippen LogP contribution is 2.29. The van der Waals surface area contributed by atoms with Crippen LogP contribution in [0, 0.1) is 11.6 Å². The highest BCUT2D eigenvalue weighted by Gasteiger charge is 2.19. The molecule has 3 aromatic rings. The molecule has 6 heteroatoms. The van der Waals surface area contributed by atoms with Gasteiger partial charge in [0.1, 0.15) is 5.82 Å². The molecule has 0 radical (unpaired) electrons. The molecule has 0 N–H and O–H groups in total. The summed E-state index contributed by atoms with van der Waals surface area (Å²) in [7, 11) is 1.40. The van der Waals surface area contributed by atoms with Crippen LogP contribution in [0.5, 0.6) is 5.75 Å². The highest BCUT2D eigenvalue weighted by atomic mass is 32.1. The summed E-state index contributed by atoms with van der Waals surface area (Å²) in [6.45, 7) is 2.59. The summed E-state index contributed by atoms with van der Waals surface area (Å²) < 4.78 is 33.3. The van der Waals surface area contributed by atoms with E-state index in [1.807, 2.05) is 6.92 Å². The minimum absolute atomic E-state index is 0.165. The SMILES string of the molecule is CCN(Cc1ccc(OC)c(F)c1)C(=O)c1cc2c(F)cccc2s1. The number of benzene rings is 2. The average molecular weight is 361 g/mol. The van der Waals surface area contributed by atoms with Gasteiger partial charge in [-0.15, -0.1) is 11.3 Å². The van der Waals surface area contributed by atoms with E-state index in [2.05, 4.69) is 0 Å². The number of thiophene rings is 1. The van der Waals surface area contributed by atoms with Crippen LogP contribution in [-0.4, -0.2) is 24.5 Å². The summed E-state index contributed by atoms with van der Waals surface area (Å²) in [6.07, 6.45) is 0. The van der Waals surface area contributed by atoms with Gasteiger partial charge < -0.3 is 9.64 Å². The van der Waals surface area contributed by atoms with E-state index in [-0.39, 0.29) is 24.0 Å². The summed E-state index contributed by atoms with van der Waals surface area (Å²) in [5.74, 6) is -0.835. The van der Waals surface area contributed by atoms with Crippen LogP contribution in [0.2, 0.25) is 0 Å².